The maximum Gasteiger partial charge on any atom is 0.332 e. The van der Waals surface area contributed by atoms with Crippen molar-refractivity contribution in [3.8, 4) is 0 Å². The third kappa shape index (κ3) is 3.75. The van der Waals surface area contributed by atoms with Crippen molar-refractivity contribution in [1.82, 2.24) is 9.80 Å². The van der Waals surface area contributed by atoms with Gasteiger partial charge in [-0.15, -0.1) is 0 Å². The molecule has 6 nitrogen and oxygen atoms in total. The van der Waals surface area contributed by atoms with Gasteiger partial charge in [0.2, 0.25) is 0 Å². The molecule has 2 aromatic rings. The predicted molar refractivity (Wildman–Crippen MR) is 107 cm³/mol. The summed E-state index contributed by atoms with van der Waals surface area (Å²) in [4.78, 5) is 40.3. The molecular formula is C21H22N2O4S. The van der Waals surface area contributed by atoms with Crippen LogP contribution in [0.25, 0.3) is 0 Å². The number of hydrogen-bond acceptors (Lipinski definition) is 4. The van der Waals surface area contributed by atoms with E-state index >= 15 is 0 Å². The van der Waals surface area contributed by atoms with Crippen molar-refractivity contribution in [1.29, 1.82) is 0 Å². The molecule has 1 aliphatic rings. The van der Waals surface area contributed by atoms with E-state index in [1.165, 1.54) is 23.6 Å². The first-order chi connectivity index (χ1) is 13.3. The van der Waals surface area contributed by atoms with E-state index in [9.17, 15) is 19.5 Å². The molecule has 1 fully saturated rings. The number of amides is 2. The fourth-order valence-corrected chi connectivity index (χ4v) is 4.44. The molecule has 0 unspecified atom stereocenters. The monoisotopic (exact) mass is 398 g/mol. The van der Waals surface area contributed by atoms with Crippen LogP contribution in [-0.2, 0) is 22.7 Å². The van der Waals surface area contributed by atoms with Crippen LogP contribution in [0.15, 0.2) is 60.7 Å². The summed E-state index contributed by atoms with van der Waals surface area (Å²) in [5.74, 6) is -1.13. The summed E-state index contributed by atoms with van der Waals surface area (Å²) in [5, 5.41) is 8.99. The van der Waals surface area contributed by atoms with Gasteiger partial charge in [0.1, 0.15) is 5.37 Å². The third-order valence-corrected chi connectivity index (χ3v) is 6.16. The van der Waals surface area contributed by atoms with E-state index in [2.05, 4.69) is 0 Å². The standard InChI is InChI=1S/C21H22N2O4S/c1-15(24)28-18-21(2,19(25)26)23(14-17-11-7-4-8-12-17)20(27)22(18)13-16-9-5-3-6-10-16/h3-12,18H,13-14H2,1-2H3,(H,25,26)/t18-,21+/m1/s1. The number of benzene rings is 2. The van der Waals surface area contributed by atoms with Crippen molar-refractivity contribution in [2.24, 2.45) is 0 Å². The summed E-state index contributed by atoms with van der Waals surface area (Å²) in [6, 6.07) is 18.2. The van der Waals surface area contributed by atoms with Gasteiger partial charge in [0.05, 0.1) is 0 Å². The molecular weight excluding hydrogens is 376 g/mol. The van der Waals surface area contributed by atoms with Crippen molar-refractivity contribution in [3.05, 3.63) is 71.8 Å². The third-order valence-electron chi connectivity index (χ3n) is 4.89. The average molecular weight is 398 g/mol. The van der Waals surface area contributed by atoms with E-state index in [-0.39, 0.29) is 18.2 Å². The lowest BCUT2D eigenvalue weighted by atomic mass is 10.0. The molecule has 1 aliphatic heterocycles. The summed E-state index contributed by atoms with van der Waals surface area (Å²) in [6.07, 6.45) is 0. The van der Waals surface area contributed by atoms with Crippen molar-refractivity contribution in [2.75, 3.05) is 0 Å². The number of carboxylic acids is 1. The molecule has 0 saturated carbocycles. The van der Waals surface area contributed by atoms with Crippen LogP contribution in [0, 0.1) is 0 Å². The summed E-state index contributed by atoms with van der Waals surface area (Å²) in [5.41, 5.74) is 0.161. The molecule has 146 valence electrons. The molecule has 2 aromatic carbocycles. The number of hydrogen-bond donors (Lipinski definition) is 1. The number of aliphatic carboxylic acids is 1. The highest BCUT2D eigenvalue weighted by Gasteiger charge is 2.59. The van der Waals surface area contributed by atoms with Crippen molar-refractivity contribution < 1.29 is 19.5 Å². The Morgan fingerprint density at radius 2 is 1.50 bits per heavy atom. The van der Waals surface area contributed by atoms with E-state index in [0.717, 1.165) is 22.9 Å². The maximum atomic E-state index is 13.3. The maximum absolute atomic E-state index is 13.3. The molecule has 1 N–H and O–H groups in total. The quantitative estimate of drug-likeness (QED) is 0.805. The topological polar surface area (TPSA) is 77.9 Å². The Morgan fingerprint density at radius 3 is 1.96 bits per heavy atom. The average Bonchev–Trinajstić information content (AvgIpc) is 2.86. The fourth-order valence-electron chi connectivity index (χ4n) is 3.38. The number of carboxylic acid groups (broad SMARTS) is 1. The Labute approximate surface area is 168 Å². The molecule has 0 aromatic heterocycles. The van der Waals surface area contributed by atoms with Crippen molar-refractivity contribution >= 4 is 28.9 Å². The summed E-state index contributed by atoms with van der Waals surface area (Å²) in [6.45, 7) is 3.29. The molecule has 2 atom stereocenters. The van der Waals surface area contributed by atoms with E-state index < -0.39 is 22.9 Å². The van der Waals surface area contributed by atoms with Gasteiger partial charge in [0.15, 0.2) is 10.7 Å². The van der Waals surface area contributed by atoms with Crippen LogP contribution < -0.4 is 0 Å². The Bertz CT molecular complexity index is 874. The van der Waals surface area contributed by atoms with Gasteiger partial charge in [0.25, 0.3) is 0 Å². The second kappa shape index (κ2) is 8.06. The van der Waals surface area contributed by atoms with Crippen LogP contribution in [0.2, 0.25) is 0 Å². The van der Waals surface area contributed by atoms with Gasteiger partial charge in [-0.1, -0.05) is 72.4 Å². The van der Waals surface area contributed by atoms with Gasteiger partial charge >= 0.3 is 12.0 Å². The largest absolute Gasteiger partial charge is 0.479 e. The van der Waals surface area contributed by atoms with Crippen LogP contribution in [0.5, 0.6) is 0 Å². The van der Waals surface area contributed by atoms with Gasteiger partial charge < -0.3 is 14.9 Å². The number of nitrogens with zero attached hydrogens (tertiary/aromatic N) is 2. The number of urea groups is 1. The first-order valence-corrected chi connectivity index (χ1v) is 9.78. The van der Waals surface area contributed by atoms with Gasteiger partial charge in [0, 0.05) is 20.0 Å². The van der Waals surface area contributed by atoms with Gasteiger partial charge in [-0.25, -0.2) is 9.59 Å². The van der Waals surface area contributed by atoms with Crippen LogP contribution in [0.1, 0.15) is 25.0 Å². The molecule has 1 saturated heterocycles. The number of carbonyl (C=O) groups excluding carboxylic acids is 2. The Balaban J connectivity index is 2.01. The van der Waals surface area contributed by atoms with E-state index in [0.29, 0.717) is 0 Å². The van der Waals surface area contributed by atoms with E-state index in [4.69, 9.17) is 0 Å². The molecule has 0 aliphatic carbocycles. The van der Waals surface area contributed by atoms with Gasteiger partial charge in [-0.05, 0) is 18.1 Å². The summed E-state index contributed by atoms with van der Waals surface area (Å²) in [7, 11) is 0. The second-order valence-corrected chi connectivity index (χ2v) is 8.14. The SMILES string of the molecule is CC(=O)S[C@H]1N(Cc2ccccc2)C(=O)N(Cc2ccccc2)[C@]1(C)C(=O)O. The van der Waals surface area contributed by atoms with Crippen LogP contribution >= 0.6 is 11.8 Å². The summed E-state index contributed by atoms with van der Waals surface area (Å²) < 4.78 is 0. The minimum absolute atomic E-state index is 0.155. The van der Waals surface area contributed by atoms with Gasteiger partial charge in [-0.3, -0.25) is 4.79 Å². The lowest BCUT2D eigenvalue weighted by Crippen LogP contribution is -2.54. The minimum Gasteiger partial charge on any atom is -0.479 e. The zero-order chi connectivity index (χ0) is 20.3. The Morgan fingerprint density at radius 1 is 1.00 bits per heavy atom. The van der Waals surface area contributed by atoms with Gasteiger partial charge in [-0.2, -0.15) is 0 Å². The van der Waals surface area contributed by atoms with Crippen molar-refractivity contribution in [3.63, 3.8) is 0 Å². The molecule has 0 radical (unpaired) electrons. The molecule has 0 bridgehead atoms. The highest BCUT2D eigenvalue weighted by atomic mass is 32.2. The van der Waals surface area contributed by atoms with Crippen LogP contribution in [0.3, 0.4) is 0 Å². The lowest BCUT2D eigenvalue weighted by Gasteiger charge is -2.33. The zero-order valence-electron chi connectivity index (χ0n) is 15.7. The first kappa shape index (κ1) is 19.9. The molecule has 28 heavy (non-hydrogen) atoms. The normalized spacial score (nSPS) is 21.8. The van der Waals surface area contributed by atoms with Crippen molar-refractivity contribution in [2.45, 2.75) is 37.8 Å². The van der Waals surface area contributed by atoms with Crippen LogP contribution in [-0.4, -0.2) is 42.9 Å². The molecule has 0 spiro atoms. The molecule has 3 rings (SSSR count). The first-order valence-electron chi connectivity index (χ1n) is 8.90. The number of carbonyl (C=O) groups is 3. The lowest BCUT2D eigenvalue weighted by molar-refractivity contribution is -0.147. The van der Waals surface area contributed by atoms with E-state index in [1.807, 2.05) is 60.7 Å². The van der Waals surface area contributed by atoms with E-state index in [1.54, 1.807) is 0 Å². The number of thioether (sulfide) groups is 1. The predicted octanol–water partition coefficient (Wildman–Crippen LogP) is 3.57. The Hall–Kier alpha value is -2.80. The molecule has 2 amide bonds. The molecule has 1 heterocycles. The fraction of sp³-hybridized carbons (Fsp3) is 0.286. The van der Waals surface area contributed by atoms with Crippen LogP contribution in [0.4, 0.5) is 4.79 Å². The highest BCUT2D eigenvalue weighted by molar-refractivity contribution is 8.14. The smallest absolute Gasteiger partial charge is 0.332 e. The number of rotatable bonds is 6. The summed E-state index contributed by atoms with van der Waals surface area (Å²) >= 11 is 0.886. The highest BCUT2D eigenvalue weighted by Crippen LogP contribution is 2.41. The minimum atomic E-state index is -1.54. The Kier molecular flexibility index (Phi) is 5.74. The second-order valence-electron chi connectivity index (χ2n) is 6.88. The zero-order valence-corrected chi connectivity index (χ0v) is 16.6. The molecule has 7 heteroatoms.